The number of carbonyl (C=O) groups excluding carboxylic acids is 1. The van der Waals surface area contributed by atoms with Gasteiger partial charge in [-0.15, -0.1) is 0 Å². The highest BCUT2D eigenvalue weighted by molar-refractivity contribution is 5.72. The average Bonchev–Trinajstić information content (AvgIpc) is 2.46. The van der Waals surface area contributed by atoms with Crippen molar-refractivity contribution in [3.63, 3.8) is 0 Å². The van der Waals surface area contributed by atoms with Gasteiger partial charge < -0.3 is 4.74 Å². The molecule has 3 nitrogen and oxygen atoms in total. The first-order valence-corrected chi connectivity index (χ1v) is 6.95. The predicted octanol–water partition coefficient (Wildman–Crippen LogP) is 3.22. The molecule has 1 aliphatic rings. The van der Waals surface area contributed by atoms with Gasteiger partial charge in [-0.1, -0.05) is 18.6 Å². The Labute approximate surface area is 114 Å². The zero-order chi connectivity index (χ0) is 13.5. The largest absolute Gasteiger partial charge is 0.465 e. The van der Waals surface area contributed by atoms with E-state index in [-0.39, 0.29) is 11.9 Å². The number of hydrogen-bond acceptors (Lipinski definition) is 3. The van der Waals surface area contributed by atoms with Crippen molar-refractivity contribution < 1.29 is 9.53 Å². The van der Waals surface area contributed by atoms with E-state index in [1.165, 1.54) is 5.56 Å². The maximum atomic E-state index is 11.5. The maximum Gasteiger partial charge on any atom is 0.308 e. The molecular formula is C16H19NO2. The quantitative estimate of drug-likeness (QED) is 0.601. The van der Waals surface area contributed by atoms with E-state index in [0.717, 1.165) is 38.5 Å². The number of hydrogen-bond donors (Lipinski definition) is 0. The summed E-state index contributed by atoms with van der Waals surface area (Å²) in [6.07, 6.45) is 6.07. The van der Waals surface area contributed by atoms with Crippen molar-refractivity contribution in [2.45, 2.75) is 38.5 Å². The molecule has 100 valence electrons. The van der Waals surface area contributed by atoms with Gasteiger partial charge in [0, 0.05) is 0 Å². The molecule has 0 saturated carbocycles. The van der Waals surface area contributed by atoms with Crippen LogP contribution in [-0.4, -0.2) is 12.6 Å². The first-order valence-electron chi connectivity index (χ1n) is 6.95. The van der Waals surface area contributed by atoms with E-state index in [4.69, 9.17) is 10.00 Å². The minimum absolute atomic E-state index is 0.00961. The number of nitriles is 1. The van der Waals surface area contributed by atoms with Gasteiger partial charge in [0.25, 0.3) is 0 Å². The molecule has 1 saturated heterocycles. The Kier molecular flexibility index (Phi) is 4.97. The summed E-state index contributed by atoms with van der Waals surface area (Å²) in [7, 11) is 0. The van der Waals surface area contributed by atoms with Crippen LogP contribution in [0.15, 0.2) is 24.3 Å². The molecule has 1 aromatic carbocycles. The third-order valence-electron chi connectivity index (χ3n) is 3.63. The summed E-state index contributed by atoms with van der Waals surface area (Å²) in [5.74, 6) is 0.110. The molecule has 1 unspecified atom stereocenters. The minimum atomic E-state index is -0.00961. The summed E-state index contributed by atoms with van der Waals surface area (Å²) < 4.78 is 5.06. The summed E-state index contributed by atoms with van der Waals surface area (Å²) in [4.78, 5) is 11.5. The molecule has 19 heavy (non-hydrogen) atoms. The molecule has 2 rings (SSSR count). The first kappa shape index (κ1) is 13.6. The van der Waals surface area contributed by atoms with Crippen molar-refractivity contribution in [1.29, 1.82) is 5.26 Å². The molecule has 1 aromatic rings. The Balaban J connectivity index is 1.68. The highest BCUT2D eigenvalue weighted by Crippen LogP contribution is 2.21. The topological polar surface area (TPSA) is 50.1 Å². The molecule has 0 spiro atoms. The average molecular weight is 257 g/mol. The third-order valence-corrected chi connectivity index (χ3v) is 3.63. The van der Waals surface area contributed by atoms with Crippen LogP contribution >= 0.6 is 0 Å². The molecule has 0 amide bonds. The molecule has 0 aliphatic carbocycles. The van der Waals surface area contributed by atoms with E-state index in [1.54, 1.807) is 0 Å². The van der Waals surface area contributed by atoms with Crippen LogP contribution in [0, 0.1) is 17.2 Å². The first-order chi connectivity index (χ1) is 9.29. The fourth-order valence-corrected chi connectivity index (χ4v) is 2.47. The van der Waals surface area contributed by atoms with Crippen LogP contribution in [0.2, 0.25) is 0 Å². The Morgan fingerprint density at radius 3 is 2.74 bits per heavy atom. The maximum absolute atomic E-state index is 11.5. The molecule has 0 aromatic heterocycles. The number of carbonyl (C=O) groups is 1. The van der Waals surface area contributed by atoms with Crippen molar-refractivity contribution in [1.82, 2.24) is 0 Å². The number of aryl methyl sites for hydroxylation is 1. The van der Waals surface area contributed by atoms with E-state index < -0.39 is 0 Å². The number of benzene rings is 1. The SMILES string of the molecule is N#Cc1ccc(CCCCC2CCCOC2=O)cc1. The number of nitrogens with zero attached hydrogens (tertiary/aromatic N) is 1. The lowest BCUT2D eigenvalue weighted by molar-refractivity contribution is -0.153. The van der Waals surface area contributed by atoms with Crippen LogP contribution in [0.25, 0.3) is 0 Å². The van der Waals surface area contributed by atoms with Crippen LogP contribution < -0.4 is 0 Å². The van der Waals surface area contributed by atoms with Gasteiger partial charge in [0.15, 0.2) is 0 Å². The van der Waals surface area contributed by atoms with E-state index in [1.807, 2.05) is 24.3 Å². The van der Waals surface area contributed by atoms with Gasteiger partial charge in [-0.3, -0.25) is 4.79 Å². The third kappa shape index (κ3) is 4.10. The van der Waals surface area contributed by atoms with Gasteiger partial charge in [-0.25, -0.2) is 0 Å². The summed E-state index contributed by atoms with van der Waals surface area (Å²) in [6.45, 7) is 0.598. The number of cyclic esters (lactones) is 1. The van der Waals surface area contributed by atoms with Gasteiger partial charge in [-0.2, -0.15) is 5.26 Å². The number of esters is 1. The Morgan fingerprint density at radius 1 is 1.26 bits per heavy atom. The second-order valence-corrected chi connectivity index (χ2v) is 5.06. The van der Waals surface area contributed by atoms with Gasteiger partial charge in [0.05, 0.1) is 24.2 Å². The highest BCUT2D eigenvalue weighted by Gasteiger charge is 2.22. The number of ether oxygens (including phenoxy) is 1. The van der Waals surface area contributed by atoms with Crippen LogP contribution in [0.1, 0.15) is 43.2 Å². The summed E-state index contributed by atoms with van der Waals surface area (Å²) in [5, 5.41) is 8.72. The fraction of sp³-hybridized carbons (Fsp3) is 0.500. The Morgan fingerprint density at radius 2 is 2.05 bits per heavy atom. The van der Waals surface area contributed by atoms with E-state index in [2.05, 4.69) is 6.07 Å². The smallest absolute Gasteiger partial charge is 0.308 e. The van der Waals surface area contributed by atoms with E-state index in [0.29, 0.717) is 12.2 Å². The van der Waals surface area contributed by atoms with Gasteiger partial charge in [0.2, 0.25) is 0 Å². The lowest BCUT2D eigenvalue weighted by Gasteiger charge is -2.20. The van der Waals surface area contributed by atoms with Crippen molar-refractivity contribution in [2.75, 3.05) is 6.61 Å². The Hall–Kier alpha value is -1.82. The van der Waals surface area contributed by atoms with Crippen LogP contribution in [0.5, 0.6) is 0 Å². The van der Waals surface area contributed by atoms with Gasteiger partial charge in [0.1, 0.15) is 0 Å². The second kappa shape index (κ2) is 6.94. The zero-order valence-corrected chi connectivity index (χ0v) is 11.1. The molecular weight excluding hydrogens is 238 g/mol. The van der Waals surface area contributed by atoms with Crippen molar-refractivity contribution in [3.8, 4) is 6.07 Å². The summed E-state index contributed by atoms with van der Waals surface area (Å²) in [5.41, 5.74) is 1.96. The monoisotopic (exact) mass is 257 g/mol. The molecule has 1 aliphatic heterocycles. The fourth-order valence-electron chi connectivity index (χ4n) is 2.47. The van der Waals surface area contributed by atoms with Crippen LogP contribution in [0.3, 0.4) is 0 Å². The van der Waals surface area contributed by atoms with Crippen LogP contribution in [0.4, 0.5) is 0 Å². The van der Waals surface area contributed by atoms with Gasteiger partial charge >= 0.3 is 5.97 Å². The van der Waals surface area contributed by atoms with Crippen LogP contribution in [-0.2, 0) is 16.0 Å². The van der Waals surface area contributed by atoms with Crippen molar-refractivity contribution >= 4 is 5.97 Å². The predicted molar refractivity (Wildman–Crippen MR) is 72.4 cm³/mol. The van der Waals surface area contributed by atoms with Crippen molar-refractivity contribution in [2.24, 2.45) is 5.92 Å². The lowest BCUT2D eigenvalue weighted by atomic mass is 9.94. The normalized spacial score (nSPS) is 18.7. The Bertz CT molecular complexity index is 459. The van der Waals surface area contributed by atoms with E-state index in [9.17, 15) is 4.79 Å². The summed E-state index contributed by atoms with van der Waals surface area (Å²) in [6, 6.07) is 9.84. The van der Waals surface area contributed by atoms with Gasteiger partial charge in [-0.05, 0) is 49.8 Å². The van der Waals surface area contributed by atoms with Crippen molar-refractivity contribution in [3.05, 3.63) is 35.4 Å². The minimum Gasteiger partial charge on any atom is -0.465 e. The molecule has 1 atom stereocenters. The zero-order valence-electron chi connectivity index (χ0n) is 11.1. The standard InChI is InChI=1S/C16H19NO2/c17-12-14-9-7-13(8-10-14)4-1-2-5-15-6-3-11-19-16(15)18/h7-10,15H,1-6,11H2. The lowest BCUT2D eigenvalue weighted by Crippen LogP contribution is -2.23. The molecule has 1 fully saturated rings. The van der Waals surface area contributed by atoms with E-state index >= 15 is 0 Å². The molecule has 0 N–H and O–H groups in total. The number of rotatable bonds is 5. The molecule has 3 heteroatoms. The number of unbranched alkanes of at least 4 members (excludes halogenated alkanes) is 1. The highest BCUT2D eigenvalue weighted by atomic mass is 16.5. The molecule has 0 bridgehead atoms. The molecule has 0 radical (unpaired) electrons. The second-order valence-electron chi connectivity index (χ2n) is 5.06. The summed E-state index contributed by atoms with van der Waals surface area (Å²) >= 11 is 0. The molecule has 1 heterocycles.